The molecule has 2 aromatic heterocycles. The van der Waals surface area contributed by atoms with Crippen LogP contribution in [0.2, 0.25) is 0 Å². The van der Waals surface area contributed by atoms with E-state index in [4.69, 9.17) is 0 Å². The summed E-state index contributed by atoms with van der Waals surface area (Å²) in [5.74, 6) is 0.952. The number of pyridine rings is 1. The summed E-state index contributed by atoms with van der Waals surface area (Å²) in [4.78, 5) is 2.48. The van der Waals surface area contributed by atoms with Crippen molar-refractivity contribution in [3.8, 4) is 0 Å². The molecule has 3 heterocycles. The van der Waals surface area contributed by atoms with Gasteiger partial charge in [0.1, 0.15) is 5.82 Å². The number of hydrogen-bond acceptors (Lipinski definition) is 5. The molecule has 0 amide bonds. The molecule has 1 N–H and O–H groups in total. The van der Waals surface area contributed by atoms with E-state index >= 15 is 0 Å². The van der Waals surface area contributed by atoms with Crippen molar-refractivity contribution in [3.63, 3.8) is 0 Å². The van der Waals surface area contributed by atoms with Gasteiger partial charge in [-0.1, -0.05) is 26.7 Å². The standard InChI is InChI=1S/C13H19N5S.C4H10/c1-10-15-16-12-7-11(8-13(19-2)18(10)12)9-17-5-3-14-4-6-17;1-3-4-2/h7-8,14H,3-6,9H2,1-2H3;3-4H2,1-2H3. The lowest BCUT2D eigenvalue weighted by Crippen LogP contribution is -2.42. The average molecular weight is 336 g/mol. The molecule has 0 atom stereocenters. The molecule has 1 saturated heterocycles. The minimum atomic E-state index is 0.952. The fourth-order valence-electron chi connectivity index (χ4n) is 2.54. The molecule has 0 unspecified atom stereocenters. The van der Waals surface area contributed by atoms with E-state index < -0.39 is 0 Å². The minimum absolute atomic E-state index is 0.952. The van der Waals surface area contributed by atoms with Crippen LogP contribution in [-0.4, -0.2) is 51.9 Å². The smallest absolute Gasteiger partial charge is 0.161 e. The largest absolute Gasteiger partial charge is 0.314 e. The molecular formula is C17H29N5S. The van der Waals surface area contributed by atoms with E-state index in [0.717, 1.165) is 44.2 Å². The second kappa shape index (κ2) is 9.25. The van der Waals surface area contributed by atoms with Gasteiger partial charge in [-0.25, -0.2) is 0 Å². The Morgan fingerprint density at radius 1 is 1.13 bits per heavy atom. The van der Waals surface area contributed by atoms with Crippen molar-refractivity contribution in [2.75, 3.05) is 32.4 Å². The maximum atomic E-state index is 4.25. The fraction of sp³-hybridized carbons (Fsp3) is 0.647. The van der Waals surface area contributed by atoms with Gasteiger partial charge in [0.05, 0.1) is 5.03 Å². The highest BCUT2D eigenvalue weighted by Crippen LogP contribution is 2.21. The summed E-state index contributed by atoms with van der Waals surface area (Å²) < 4.78 is 2.12. The number of piperazine rings is 1. The molecule has 1 fully saturated rings. The number of thioether (sulfide) groups is 1. The van der Waals surface area contributed by atoms with Crippen molar-refractivity contribution in [1.29, 1.82) is 0 Å². The van der Waals surface area contributed by atoms with Crippen LogP contribution >= 0.6 is 11.8 Å². The highest BCUT2D eigenvalue weighted by Gasteiger charge is 2.13. The number of nitrogens with zero attached hydrogens (tertiary/aromatic N) is 4. The summed E-state index contributed by atoms with van der Waals surface area (Å²) in [7, 11) is 0. The Kier molecular flexibility index (Phi) is 7.33. The van der Waals surface area contributed by atoms with E-state index in [2.05, 4.69) is 57.1 Å². The third kappa shape index (κ3) is 4.93. The Labute approximate surface area is 143 Å². The number of aromatic nitrogens is 3. The third-order valence-electron chi connectivity index (χ3n) is 4.02. The highest BCUT2D eigenvalue weighted by atomic mass is 32.2. The molecule has 3 rings (SSSR count). The van der Waals surface area contributed by atoms with Crippen molar-refractivity contribution in [1.82, 2.24) is 24.8 Å². The molecule has 6 heteroatoms. The van der Waals surface area contributed by atoms with Crippen LogP contribution in [0.1, 0.15) is 38.1 Å². The number of unbranched alkanes of at least 4 members (excludes halogenated alkanes) is 1. The van der Waals surface area contributed by atoms with Crippen molar-refractivity contribution in [2.45, 2.75) is 45.2 Å². The Bertz CT molecular complexity index is 602. The van der Waals surface area contributed by atoms with Crippen LogP contribution < -0.4 is 5.32 Å². The molecule has 0 spiro atoms. The van der Waals surface area contributed by atoms with E-state index in [-0.39, 0.29) is 0 Å². The molecule has 1 aliphatic rings. The van der Waals surface area contributed by atoms with Gasteiger partial charge in [-0.05, 0) is 30.9 Å². The van der Waals surface area contributed by atoms with Crippen molar-refractivity contribution >= 4 is 17.4 Å². The van der Waals surface area contributed by atoms with Crippen LogP contribution in [0.3, 0.4) is 0 Å². The van der Waals surface area contributed by atoms with Crippen molar-refractivity contribution < 1.29 is 0 Å². The van der Waals surface area contributed by atoms with Crippen LogP contribution in [0.4, 0.5) is 0 Å². The van der Waals surface area contributed by atoms with Crippen LogP contribution in [0.25, 0.3) is 5.65 Å². The summed E-state index contributed by atoms with van der Waals surface area (Å²) in [5, 5.41) is 13.0. The molecule has 0 radical (unpaired) electrons. The van der Waals surface area contributed by atoms with Gasteiger partial charge in [-0.2, -0.15) is 0 Å². The quantitative estimate of drug-likeness (QED) is 0.870. The van der Waals surface area contributed by atoms with Crippen molar-refractivity contribution in [2.24, 2.45) is 0 Å². The first-order chi connectivity index (χ1) is 11.2. The summed E-state index contributed by atoms with van der Waals surface area (Å²) in [6.07, 6.45) is 4.74. The van der Waals surface area contributed by atoms with E-state index in [0.29, 0.717) is 0 Å². The predicted octanol–water partition coefficient (Wildman–Crippen LogP) is 2.97. The van der Waals surface area contributed by atoms with Gasteiger partial charge in [0.25, 0.3) is 0 Å². The van der Waals surface area contributed by atoms with Gasteiger partial charge in [-0.15, -0.1) is 22.0 Å². The normalized spacial score (nSPS) is 15.5. The van der Waals surface area contributed by atoms with Crippen LogP contribution in [0, 0.1) is 6.92 Å². The SMILES string of the molecule is CCCC.CSc1cc(CN2CCNCC2)cc2nnc(C)n12. The molecule has 0 aromatic carbocycles. The van der Waals surface area contributed by atoms with Crippen LogP contribution in [0.15, 0.2) is 17.2 Å². The van der Waals surface area contributed by atoms with Gasteiger partial charge in [0, 0.05) is 32.7 Å². The topological polar surface area (TPSA) is 45.5 Å². The highest BCUT2D eigenvalue weighted by molar-refractivity contribution is 7.98. The number of nitrogens with one attached hydrogen (secondary N) is 1. The van der Waals surface area contributed by atoms with Gasteiger partial charge in [0.15, 0.2) is 5.65 Å². The Morgan fingerprint density at radius 3 is 2.43 bits per heavy atom. The summed E-state index contributed by atoms with van der Waals surface area (Å²) >= 11 is 1.75. The Morgan fingerprint density at radius 2 is 1.83 bits per heavy atom. The summed E-state index contributed by atoms with van der Waals surface area (Å²) in [5.41, 5.74) is 2.28. The number of fused-ring (bicyclic) bond motifs is 1. The van der Waals surface area contributed by atoms with E-state index in [1.807, 2.05) is 6.92 Å². The first-order valence-corrected chi connectivity index (χ1v) is 9.73. The Balaban J connectivity index is 0.000000433. The first kappa shape index (κ1) is 18.2. The van der Waals surface area contributed by atoms with Crippen molar-refractivity contribution in [3.05, 3.63) is 23.5 Å². The molecule has 128 valence electrons. The van der Waals surface area contributed by atoms with Gasteiger partial charge in [0.2, 0.25) is 0 Å². The summed E-state index contributed by atoms with van der Waals surface area (Å²) in [6, 6.07) is 4.41. The van der Waals surface area contributed by atoms with E-state index in [9.17, 15) is 0 Å². The fourth-order valence-corrected chi connectivity index (χ4v) is 3.22. The maximum absolute atomic E-state index is 4.25. The summed E-state index contributed by atoms with van der Waals surface area (Å²) in [6.45, 7) is 11.8. The molecule has 0 bridgehead atoms. The van der Waals surface area contributed by atoms with Gasteiger partial charge >= 0.3 is 0 Å². The lowest BCUT2D eigenvalue weighted by molar-refractivity contribution is 0.233. The monoisotopic (exact) mass is 335 g/mol. The zero-order valence-corrected chi connectivity index (χ0v) is 15.6. The average Bonchev–Trinajstić information content (AvgIpc) is 2.96. The lowest BCUT2D eigenvalue weighted by Gasteiger charge is -2.27. The van der Waals surface area contributed by atoms with E-state index in [1.165, 1.54) is 23.4 Å². The molecule has 0 aliphatic carbocycles. The molecule has 1 aliphatic heterocycles. The van der Waals surface area contributed by atoms with Gasteiger partial charge in [-0.3, -0.25) is 9.30 Å². The minimum Gasteiger partial charge on any atom is -0.314 e. The van der Waals surface area contributed by atoms with Crippen LogP contribution in [-0.2, 0) is 6.54 Å². The first-order valence-electron chi connectivity index (χ1n) is 8.51. The molecule has 23 heavy (non-hydrogen) atoms. The lowest BCUT2D eigenvalue weighted by atomic mass is 10.2. The second-order valence-electron chi connectivity index (χ2n) is 5.87. The van der Waals surface area contributed by atoms with Crippen LogP contribution in [0.5, 0.6) is 0 Å². The van der Waals surface area contributed by atoms with E-state index in [1.54, 1.807) is 11.8 Å². The third-order valence-corrected chi connectivity index (χ3v) is 4.74. The molecule has 0 saturated carbocycles. The van der Waals surface area contributed by atoms with Gasteiger partial charge < -0.3 is 5.32 Å². The number of hydrogen-bond donors (Lipinski definition) is 1. The molecular weight excluding hydrogens is 306 g/mol. The zero-order chi connectivity index (χ0) is 16.7. The molecule has 5 nitrogen and oxygen atoms in total. The second-order valence-corrected chi connectivity index (χ2v) is 6.70. The number of rotatable bonds is 4. The number of aryl methyl sites for hydroxylation is 1. The maximum Gasteiger partial charge on any atom is 0.161 e. The predicted molar refractivity (Wildman–Crippen MR) is 98.2 cm³/mol. The molecule has 2 aromatic rings. The Hall–Kier alpha value is -1.11. The zero-order valence-electron chi connectivity index (χ0n) is 14.8.